The minimum Gasteiger partial charge on any atom is -0.346 e. The summed E-state index contributed by atoms with van der Waals surface area (Å²) in [5, 5.41) is 0. The summed E-state index contributed by atoms with van der Waals surface area (Å²) in [5.41, 5.74) is 1.72. The van der Waals surface area contributed by atoms with Crippen molar-refractivity contribution in [1.29, 1.82) is 0 Å². The van der Waals surface area contributed by atoms with Crippen LogP contribution in [0, 0.1) is 13.8 Å². The minimum absolute atomic E-state index is 0. The molecule has 0 aliphatic heterocycles. The van der Waals surface area contributed by atoms with Crippen LogP contribution < -0.4 is 5.56 Å². The second-order valence-electron chi connectivity index (χ2n) is 2.91. The molecule has 4 heteroatoms. The van der Waals surface area contributed by atoms with Gasteiger partial charge in [-0.25, -0.2) is 0 Å². The van der Waals surface area contributed by atoms with Crippen molar-refractivity contribution in [3.8, 4) is 0 Å². The fourth-order valence-corrected chi connectivity index (χ4v) is 1.24. The van der Waals surface area contributed by atoms with Crippen molar-refractivity contribution in [3.05, 3.63) is 52.9 Å². The molecule has 0 atom stereocenters. The molecule has 0 N–H and O–H groups in total. The summed E-state index contributed by atoms with van der Waals surface area (Å²) < 4.78 is 1.50. The second kappa shape index (κ2) is 3.97. The van der Waals surface area contributed by atoms with E-state index < -0.39 is 0 Å². The predicted octanol–water partition coefficient (Wildman–Crippen LogP) is 1.18. The van der Waals surface area contributed by atoms with E-state index in [0.717, 1.165) is 0 Å². The van der Waals surface area contributed by atoms with Gasteiger partial charge >= 0.3 is 0 Å². The van der Waals surface area contributed by atoms with E-state index in [2.05, 4.69) is 11.9 Å². The van der Waals surface area contributed by atoms with Crippen molar-refractivity contribution in [1.82, 2.24) is 9.38 Å². The molecule has 0 aromatic carbocycles. The molecule has 2 rings (SSSR count). The molecule has 2 aromatic rings. The van der Waals surface area contributed by atoms with Gasteiger partial charge in [0.25, 0.3) is 0 Å². The Morgan fingerprint density at radius 2 is 2.14 bits per heavy atom. The van der Waals surface area contributed by atoms with Crippen LogP contribution in [0.3, 0.4) is 0 Å². The average Bonchev–Trinajstić information content (AvgIpc) is 2.15. The van der Waals surface area contributed by atoms with E-state index >= 15 is 0 Å². The molecule has 0 bridgehead atoms. The number of rotatable bonds is 0. The zero-order chi connectivity index (χ0) is 9.42. The number of nitrogens with zero attached hydrogens (tertiary/aromatic N) is 2. The van der Waals surface area contributed by atoms with Crippen LogP contribution in [-0.2, 0) is 21.1 Å². The Bertz CT molecular complexity index is 519. The maximum absolute atomic E-state index is 11.6. The quantitative estimate of drug-likeness (QED) is 0.664. The maximum Gasteiger partial charge on any atom is 0.149 e. The van der Waals surface area contributed by atoms with E-state index in [9.17, 15) is 4.79 Å². The summed E-state index contributed by atoms with van der Waals surface area (Å²) in [7, 11) is 0. The first-order valence-electron chi connectivity index (χ1n) is 4.00. The first-order chi connectivity index (χ1) is 6.20. The van der Waals surface area contributed by atoms with Crippen molar-refractivity contribution in [2.45, 2.75) is 6.92 Å². The molecule has 0 aliphatic carbocycles. The summed E-state index contributed by atoms with van der Waals surface area (Å²) in [5.74, 6) is 0. The largest absolute Gasteiger partial charge is 0.346 e. The van der Waals surface area contributed by atoms with Crippen LogP contribution in [0.15, 0.2) is 29.2 Å². The number of aryl methyl sites for hydroxylation is 1. The van der Waals surface area contributed by atoms with Gasteiger partial charge in [-0.2, -0.15) is 6.92 Å². The molecular formula is C10H9N2OW-. The zero-order valence-electron chi connectivity index (χ0n) is 7.73. The van der Waals surface area contributed by atoms with Crippen LogP contribution in [0.2, 0.25) is 0 Å². The van der Waals surface area contributed by atoms with Gasteiger partial charge in [-0.1, -0.05) is 18.7 Å². The van der Waals surface area contributed by atoms with E-state index in [1.54, 1.807) is 25.3 Å². The molecule has 0 spiro atoms. The molecule has 2 aromatic heterocycles. The fourth-order valence-electron chi connectivity index (χ4n) is 1.24. The number of hydrogen-bond acceptors (Lipinski definition) is 2. The number of fused-ring (bicyclic) bond motifs is 1. The molecule has 0 saturated carbocycles. The van der Waals surface area contributed by atoms with E-state index in [-0.39, 0.29) is 26.6 Å². The number of pyridine rings is 1. The molecule has 3 nitrogen and oxygen atoms in total. The van der Waals surface area contributed by atoms with Crippen molar-refractivity contribution in [2.24, 2.45) is 0 Å². The standard InChI is InChI=1S/C10H9N2O.W/c1-7-8(2)11-9-5-3-4-6-12(9)10(7)13;/h3-6H,1H2,2H3;/q-1;. The Kier molecular flexibility index (Phi) is 3.12. The third kappa shape index (κ3) is 1.60. The van der Waals surface area contributed by atoms with Gasteiger partial charge in [-0.05, 0) is 12.1 Å². The van der Waals surface area contributed by atoms with Gasteiger partial charge in [0.1, 0.15) is 11.2 Å². The van der Waals surface area contributed by atoms with E-state index in [0.29, 0.717) is 16.9 Å². The Labute approximate surface area is 96.1 Å². The van der Waals surface area contributed by atoms with Gasteiger partial charge in [0.05, 0.1) is 0 Å². The zero-order valence-corrected chi connectivity index (χ0v) is 10.7. The maximum atomic E-state index is 11.6. The Morgan fingerprint density at radius 1 is 1.43 bits per heavy atom. The van der Waals surface area contributed by atoms with Gasteiger partial charge < -0.3 is 14.2 Å². The first kappa shape index (κ1) is 11.0. The van der Waals surface area contributed by atoms with Crippen LogP contribution in [0.25, 0.3) is 5.65 Å². The fraction of sp³-hybridized carbons (Fsp3) is 0.100. The molecule has 14 heavy (non-hydrogen) atoms. The van der Waals surface area contributed by atoms with E-state index in [1.807, 2.05) is 6.07 Å². The van der Waals surface area contributed by atoms with E-state index in [4.69, 9.17) is 0 Å². The van der Waals surface area contributed by atoms with Crippen LogP contribution in [0.5, 0.6) is 0 Å². The molecule has 72 valence electrons. The summed E-state index contributed by atoms with van der Waals surface area (Å²) >= 11 is 0. The molecule has 0 unspecified atom stereocenters. The van der Waals surface area contributed by atoms with E-state index in [1.165, 1.54) is 4.40 Å². The Hall–Kier alpha value is -1.08. The van der Waals surface area contributed by atoms with Crippen LogP contribution >= 0.6 is 0 Å². The first-order valence-corrected chi connectivity index (χ1v) is 4.00. The summed E-state index contributed by atoms with van der Waals surface area (Å²) in [6.07, 6.45) is 1.69. The normalized spacial score (nSPS) is 9.79. The smallest absolute Gasteiger partial charge is 0.149 e. The van der Waals surface area contributed by atoms with Crippen LogP contribution in [0.4, 0.5) is 0 Å². The molecule has 0 aliphatic rings. The molecule has 0 radical (unpaired) electrons. The summed E-state index contributed by atoms with van der Waals surface area (Å²) in [6, 6.07) is 5.45. The molecule has 0 amide bonds. The average molecular weight is 357 g/mol. The summed E-state index contributed by atoms with van der Waals surface area (Å²) in [6.45, 7) is 5.46. The minimum atomic E-state index is -0.0944. The topological polar surface area (TPSA) is 34.4 Å². The number of hydrogen-bond donors (Lipinski definition) is 0. The SMILES string of the molecule is [CH2-]c1c(C)nc2ccccn2c1=O.[W]. The summed E-state index contributed by atoms with van der Waals surface area (Å²) in [4.78, 5) is 15.8. The third-order valence-corrected chi connectivity index (χ3v) is 2.03. The molecular weight excluding hydrogens is 348 g/mol. The van der Waals surface area contributed by atoms with Gasteiger partial charge in [0.2, 0.25) is 0 Å². The van der Waals surface area contributed by atoms with Gasteiger partial charge in [0.15, 0.2) is 0 Å². The molecule has 0 fully saturated rings. The van der Waals surface area contributed by atoms with Gasteiger partial charge in [-0.15, -0.1) is 5.56 Å². The third-order valence-electron chi connectivity index (χ3n) is 2.03. The van der Waals surface area contributed by atoms with Crippen LogP contribution in [0.1, 0.15) is 11.3 Å². The molecule has 2 heterocycles. The Morgan fingerprint density at radius 3 is 2.86 bits per heavy atom. The number of aromatic nitrogens is 2. The van der Waals surface area contributed by atoms with Crippen LogP contribution in [-0.4, -0.2) is 9.38 Å². The van der Waals surface area contributed by atoms with Gasteiger partial charge in [0, 0.05) is 27.3 Å². The van der Waals surface area contributed by atoms with Crippen molar-refractivity contribution in [3.63, 3.8) is 0 Å². The van der Waals surface area contributed by atoms with Gasteiger partial charge in [-0.3, -0.25) is 0 Å². The second-order valence-corrected chi connectivity index (χ2v) is 2.91. The predicted molar refractivity (Wildman–Crippen MR) is 50.7 cm³/mol. The monoisotopic (exact) mass is 357 g/mol. The van der Waals surface area contributed by atoms with Crippen molar-refractivity contribution in [2.75, 3.05) is 0 Å². The molecule has 0 saturated heterocycles. The van der Waals surface area contributed by atoms with Crippen molar-refractivity contribution < 1.29 is 21.1 Å². The Balaban J connectivity index is 0.000000980. The van der Waals surface area contributed by atoms with Crippen molar-refractivity contribution >= 4 is 5.65 Å².